The Hall–Kier alpha value is -3.68. The van der Waals surface area contributed by atoms with Gasteiger partial charge in [0.1, 0.15) is 5.78 Å². The SMILES string of the molecule is CNCC(C)CC1(CCCC(=O)CC(=O)C=Cc2cc(OC)c(O)cc2CC2=CNC(N)C(Cc3cc(C)cc(C)c3)=C2)CCCC1. The van der Waals surface area contributed by atoms with E-state index in [2.05, 4.69) is 55.7 Å². The van der Waals surface area contributed by atoms with E-state index in [9.17, 15) is 14.7 Å². The van der Waals surface area contributed by atoms with E-state index in [1.807, 2.05) is 13.2 Å². The van der Waals surface area contributed by atoms with Gasteiger partial charge in [0.15, 0.2) is 17.3 Å². The molecular formula is C40H55N3O4. The van der Waals surface area contributed by atoms with Gasteiger partial charge in [-0.25, -0.2) is 0 Å². The molecule has 1 aliphatic carbocycles. The van der Waals surface area contributed by atoms with Crippen LogP contribution in [0.3, 0.4) is 0 Å². The molecule has 4 rings (SSSR count). The van der Waals surface area contributed by atoms with E-state index in [0.717, 1.165) is 48.1 Å². The topological polar surface area (TPSA) is 114 Å². The van der Waals surface area contributed by atoms with Crippen LogP contribution in [0.5, 0.6) is 11.5 Å². The standard InChI is InChI=1S/C40H55N3O4/c1-27-15-28(2)17-30(16-27)18-34-20-31(26-43-39(34)41)19-33-21-37(46)38(47-5)22-32(33)10-11-36(45)23-35(44)9-8-14-40(12-6-7-13-40)24-29(3)25-42-4/h10-11,15-17,20-22,26,29,39,42-43,46H,6-9,12-14,18-19,23-25,41H2,1-5H3. The van der Waals surface area contributed by atoms with E-state index in [1.165, 1.54) is 62.0 Å². The highest BCUT2D eigenvalue weighted by Gasteiger charge is 2.34. The molecule has 1 heterocycles. The van der Waals surface area contributed by atoms with Gasteiger partial charge in [0.25, 0.3) is 0 Å². The van der Waals surface area contributed by atoms with E-state index in [1.54, 1.807) is 18.2 Å². The molecular weight excluding hydrogens is 586 g/mol. The molecule has 5 N–H and O–H groups in total. The Kier molecular flexibility index (Phi) is 13.0. The molecule has 7 nitrogen and oxygen atoms in total. The van der Waals surface area contributed by atoms with E-state index in [0.29, 0.717) is 29.9 Å². The van der Waals surface area contributed by atoms with Crippen LogP contribution in [0.2, 0.25) is 0 Å². The van der Waals surface area contributed by atoms with Gasteiger partial charge in [0.2, 0.25) is 0 Å². The Bertz CT molecular complexity index is 1480. The number of dihydropyridines is 1. The number of nitrogens with two attached hydrogens (primary N) is 1. The highest BCUT2D eigenvalue weighted by atomic mass is 16.5. The fraction of sp³-hybridized carbons (Fsp3) is 0.500. The lowest BCUT2D eigenvalue weighted by atomic mass is 9.74. The fourth-order valence-electron chi connectivity index (χ4n) is 7.69. The summed E-state index contributed by atoms with van der Waals surface area (Å²) in [4.78, 5) is 25.7. The molecule has 0 aromatic heterocycles. The van der Waals surface area contributed by atoms with Gasteiger partial charge in [-0.3, -0.25) is 9.59 Å². The third-order valence-electron chi connectivity index (χ3n) is 9.72. The van der Waals surface area contributed by atoms with Crippen LogP contribution in [-0.4, -0.2) is 43.5 Å². The van der Waals surface area contributed by atoms with Crippen LogP contribution >= 0.6 is 0 Å². The van der Waals surface area contributed by atoms with E-state index >= 15 is 0 Å². The maximum Gasteiger partial charge on any atom is 0.163 e. The Morgan fingerprint density at radius 3 is 2.53 bits per heavy atom. The lowest BCUT2D eigenvalue weighted by Gasteiger charge is -2.32. The summed E-state index contributed by atoms with van der Waals surface area (Å²) in [5, 5.41) is 17.2. The molecule has 1 fully saturated rings. The number of methoxy groups -OCH3 is 1. The first-order valence-electron chi connectivity index (χ1n) is 17.2. The number of ketones is 2. The third-order valence-corrected chi connectivity index (χ3v) is 9.72. The number of carbonyl (C=O) groups excluding carboxylic acids is 2. The summed E-state index contributed by atoms with van der Waals surface area (Å²) in [6.45, 7) is 7.52. The smallest absolute Gasteiger partial charge is 0.163 e. The minimum atomic E-state index is -0.288. The second kappa shape index (κ2) is 16.9. The molecule has 1 aliphatic heterocycles. The molecule has 47 heavy (non-hydrogen) atoms. The quantitative estimate of drug-likeness (QED) is 0.108. The zero-order chi connectivity index (χ0) is 34.0. The molecule has 0 radical (unpaired) electrons. The summed E-state index contributed by atoms with van der Waals surface area (Å²) >= 11 is 0. The van der Waals surface area contributed by atoms with Gasteiger partial charge in [-0.1, -0.05) is 61.2 Å². The second-order valence-electron chi connectivity index (χ2n) is 14.1. The van der Waals surface area contributed by atoms with Crippen molar-refractivity contribution in [3.8, 4) is 11.5 Å². The van der Waals surface area contributed by atoms with Gasteiger partial charge >= 0.3 is 0 Å². The summed E-state index contributed by atoms with van der Waals surface area (Å²) in [5.74, 6) is 0.753. The molecule has 2 aromatic carbocycles. The first-order valence-corrected chi connectivity index (χ1v) is 17.2. The molecule has 2 aromatic rings. The molecule has 0 amide bonds. The molecule has 0 bridgehead atoms. The number of aryl methyl sites for hydroxylation is 2. The van der Waals surface area contributed by atoms with Gasteiger partial charge in [-0.2, -0.15) is 0 Å². The lowest BCUT2D eigenvalue weighted by molar-refractivity contribution is -0.124. The number of benzene rings is 2. The number of allylic oxidation sites excluding steroid dienone is 3. The fourth-order valence-corrected chi connectivity index (χ4v) is 7.69. The van der Waals surface area contributed by atoms with Crippen LogP contribution in [-0.2, 0) is 22.4 Å². The number of phenolic OH excluding ortho intramolecular Hbond substituents is 1. The number of Topliss-reactive ketones (excluding diaryl/α,β-unsaturated/α-hetero) is 1. The highest BCUT2D eigenvalue weighted by molar-refractivity contribution is 6.06. The van der Waals surface area contributed by atoms with Crippen LogP contribution in [0.1, 0.15) is 92.5 Å². The molecule has 2 atom stereocenters. The number of carbonyl (C=O) groups is 2. The number of phenols is 1. The zero-order valence-corrected chi connectivity index (χ0v) is 29.1. The normalized spacial score (nSPS) is 18.0. The third kappa shape index (κ3) is 10.7. The number of hydrogen-bond donors (Lipinski definition) is 4. The number of ether oxygens (including phenoxy) is 1. The zero-order valence-electron chi connectivity index (χ0n) is 29.1. The summed E-state index contributed by atoms with van der Waals surface area (Å²) in [5.41, 5.74) is 14.1. The van der Waals surface area contributed by atoms with Crippen LogP contribution in [0.15, 0.2) is 59.8 Å². The van der Waals surface area contributed by atoms with Crippen LogP contribution in [0.25, 0.3) is 6.08 Å². The summed E-state index contributed by atoms with van der Waals surface area (Å²) < 4.78 is 5.37. The van der Waals surface area contributed by atoms with Gasteiger partial charge in [0.05, 0.1) is 19.7 Å². The largest absolute Gasteiger partial charge is 0.504 e. The van der Waals surface area contributed by atoms with E-state index < -0.39 is 0 Å². The Labute approximate surface area is 281 Å². The minimum Gasteiger partial charge on any atom is -0.504 e. The van der Waals surface area contributed by atoms with Crippen LogP contribution in [0.4, 0.5) is 0 Å². The van der Waals surface area contributed by atoms with Crippen molar-refractivity contribution in [3.63, 3.8) is 0 Å². The maximum absolute atomic E-state index is 12.9. The second-order valence-corrected chi connectivity index (χ2v) is 14.1. The first kappa shape index (κ1) is 36.2. The predicted molar refractivity (Wildman–Crippen MR) is 191 cm³/mol. The van der Waals surface area contributed by atoms with Gasteiger partial charge in [-0.05, 0) is 130 Å². The van der Waals surface area contributed by atoms with Gasteiger partial charge < -0.3 is 26.2 Å². The number of rotatable bonds is 17. The molecule has 7 heteroatoms. The molecule has 1 saturated carbocycles. The minimum absolute atomic E-state index is 0.00387. The molecule has 0 saturated heterocycles. The van der Waals surface area contributed by atoms with Crippen molar-refractivity contribution in [2.75, 3.05) is 20.7 Å². The average Bonchev–Trinajstić information content (AvgIpc) is 3.46. The van der Waals surface area contributed by atoms with Crippen LogP contribution in [0, 0.1) is 25.2 Å². The Balaban J connectivity index is 1.39. The van der Waals surface area contributed by atoms with E-state index in [4.69, 9.17) is 10.5 Å². The van der Waals surface area contributed by atoms with Gasteiger partial charge in [-0.15, -0.1) is 0 Å². The van der Waals surface area contributed by atoms with Crippen molar-refractivity contribution in [2.45, 2.75) is 97.6 Å². The molecule has 254 valence electrons. The summed E-state index contributed by atoms with van der Waals surface area (Å²) in [6, 6.07) is 9.94. The van der Waals surface area contributed by atoms with E-state index in [-0.39, 0.29) is 29.9 Å². The molecule has 0 spiro atoms. The van der Waals surface area contributed by atoms with Crippen molar-refractivity contribution in [3.05, 3.63) is 87.6 Å². The van der Waals surface area contributed by atoms with Crippen molar-refractivity contribution in [2.24, 2.45) is 17.1 Å². The number of hydrogen-bond acceptors (Lipinski definition) is 7. The maximum atomic E-state index is 12.9. The number of aromatic hydroxyl groups is 1. The predicted octanol–water partition coefficient (Wildman–Crippen LogP) is 7.02. The first-order chi connectivity index (χ1) is 22.5. The summed E-state index contributed by atoms with van der Waals surface area (Å²) in [7, 11) is 3.50. The number of nitrogens with one attached hydrogen (secondary N) is 2. The highest BCUT2D eigenvalue weighted by Crippen LogP contribution is 2.47. The van der Waals surface area contributed by atoms with Crippen molar-refractivity contribution >= 4 is 17.6 Å². The van der Waals surface area contributed by atoms with Crippen LogP contribution < -0.4 is 21.1 Å². The van der Waals surface area contributed by atoms with Crippen molar-refractivity contribution in [1.82, 2.24) is 10.6 Å². The monoisotopic (exact) mass is 641 g/mol. The lowest BCUT2D eigenvalue weighted by Crippen LogP contribution is -2.38. The Morgan fingerprint density at radius 1 is 1.13 bits per heavy atom. The Morgan fingerprint density at radius 2 is 1.85 bits per heavy atom. The van der Waals surface area contributed by atoms with Crippen molar-refractivity contribution in [1.29, 1.82) is 0 Å². The molecule has 2 unspecified atom stereocenters. The van der Waals surface area contributed by atoms with Gasteiger partial charge in [0, 0.05) is 12.6 Å². The molecule has 2 aliphatic rings. The average molecular weight is 642 g/mol. The van der Waals surface area contributed by atoms with Crippen molar-refractivity contribution < 1.29 is 19.4 Å². The summed E-state index contributed by atoms with van der Waals surface area (Å²) in [6.07, 6.45) is 16.7.